The summed E-state index contributed by atoms with van der Waals surface area (Å²) in [5.41, 5.74) is 2.72. The first-order valence-electron chi connectivity index (χ1n) is 6.56. The summed E-state index contributed by atoms with van der Waals surface area (Å²) in [4.78, 5) is 29.0. The third kappa shape index (κ3) is 2.47. The number of allylic oxidation sites excluding steroid dienone is 2. The summed E-state index contributed by atoms with van der Waals surface area (Å²) in [5.74, 6) is -0.254. The van der Waals surface area contributed by atoms with Gasteiger partial charge in [0.25, 0.3) is 0 Å². The van der Waals surface area contributed by atoms with Crippen molar-refractivity contribution in [2.45, 2.75) is 13.3 Å². The molecule has 2 aromatic rings. The summed E-state index contributed by atoms with van der Waals surface area (Å²) in [7, 11) is 0. The highest BCUT2D eigenvalue weighted by Gasteiger charge is 2.30. The van der Waals surface area contributed by atoms with Crippen molar-refractivity contribution in [2.75, 3.05) is 0 Å². The predicted molar refractivity (Wildman–Crippen MR) is 83.4 cm³/mol. The van der Waals surface area contributed by atoms with E-state index in [0.29, 0.717) is 23.1 Å². The van der Waals surface area contributed by atoms with Crippen molar-refractivity contribution in [2.24, 2.45) is 0 Å². The van der Waals surface area contributed by atoms with Gasteiger partial charge in [0.15, 0.2) is 5.78 Å². The van der Waals surface area contributed by atoms with Crippen LogP contribution in [0, 0.1) is 0 Å². The molecule has 3 rings (SSSR count). The molecule has 1 aromatic carbocycles. The van der Waals surface area contributed by atoms with Crippen molar-refractivity contribution in [3.05, 3.63) is 75.0 Å². The van der Waals surface area contributed by atoms with Crippen LogP contribution in [0.1, 0.15) is 33.3 Å². The fourth-order valence-corrected chi connectivity index (χ4v) is 2.70. The molecule has 0 N–H and O–H groups in total. The van der Waals surface area contributed by atoms with E-state index in [-0.39, 0.29) is 17.3 Å². The second-order valence-corrected chi connectivity index (χ2v) is 5.88. The summed E-state index contributed by atoms with van der Waals surface area (Å²) in [6.07, 6.45) is 2.00. The zero-order valence-corrected chi connectivity index (χ0v) is 13.0. The van der Waals surface area contributed by atoms with Crippen LogP contribution in [0.4, 0.5) is 0 Å². The van der Waals surface area contributed by atoms with E-state index in [0.717, 1.165) is 10.0 Å². The second-order valence-electron chi connectivity index (χ2n) is 4.96. The highest BCUT2D eigenvalue weighted by atomic mass is 79.9. The molecule has 1 heterocycles. The molecule has 21 heavy (non-hydrogen) atoms. The average molecular weight is 342 g/mol. The molecule has 0 saturated carbocycles. The van der Waals surface area contributed by atoms with Crippen LogP contribution in [-0.2, 0) is 6.42 Å². The number of benzene rings is 1. The second kappa shape index (κ2) is 5.37. The normalized spacial score (nSPS) is 14.4. The first-order valence-corrected chi connectivity index (χ1v) is 7.36. The van der Waals surface area contributed by atoms with Crippen LogP contribution in [0.2, 0.25) is 0 Å². The number of aromatic nitrogens is 1. The van der Waals surface area contributed by atoms with Gasteiger partial charge in [0.05, 0.1) is 5.56 Å². The Labute approximate surface area is 130 Å². The average Bonchev–Trinajstić information content (AvgIpc) is 2.51. The van der Waals surface area contributed by atoms with Gasteiger partial charge in [-0.1, -0.05) is 28.1 Å². The Morgan fingerprint density at radius 1 is 1.05 bits per heavy atom. The van der Waals surface area contributed by atoms with Crippen LogP contribution in [0.25, 0.3) is 0 Å². The molecule has 3 nitrogen and oxygen atoms in total. The summed E-state index contributed by atoms with van der Waals surface area (Å²) in [6.45, 7) is 1.70. The highest BCUT2D eigenvalue weighted by Crippen LogP contribution is 2.27. The maximum absolute atomic E-state index is 12.6. The quantitative estimate of drug-likeness (QED) is 0.834. The Hall–Kier alpha value is -2.07. The van der Waals surface area contributed by atoms with E-state index in [1.165, 1.54) is 6.20 Å². The van der Waals surface area contributed by atoms with E-state index in [9.17, 15) is 9.59 Å². The molecule has 0 unspecified atom stereocenters. The fraction of sp³-hybridized carbons (Fsp3) is 0.118. The molecular weight excluding hydrogens is 330 g/mol. The monoisotopic (exact) mass is 341 g/mol. The van der Waals surface area contributed by atoms with E-state index in [1.54, 1.807) is 19.1 Å². The van der Waals surface area contributed by atoms with Gasteiger partial charge in [-0.3, -0.25) is 14.6 Å². The molecule has 1 aliphatic rings. The topological polar surface area (TPSA) is 47.0 Å². The Kier molecular flexibility index (Phi) is 3.55. The fourth-order valence-electron chi connectivity index (χ4n) is 2.44. The van der Waals surface area contributed by atoms with Gasteiger partial charge in [0.2, 0.25) is 5.78 Å². The standard InChI is InChI=1S/C17H12BrNO2/c1-10-14(9-11-4-6-12(18)7-5-11)17(21)13-3-2-8-19-15(13)16(10)20/h2-8H,9H2,1H3. The van der Waals surface area contributed by atoms with Gasteiger partial charge < -0.3 is 0 Å². The van der Waals surface area contributed by atoms with Gasteiger partial charge in [-0.05, 0) is 36.8 Å². The van der Waals surface area contributed by atoms with Gasteiger partial charge >= 0.3 is 0 Å². The van der Waals surface area contributed by atoms with Crippen LogP contribution < -0.4 is 0 Å². The maximum Gasteiger partial charge on any atom is 0.208 e. The van der Waals surface area contributed by atoms with Crippen LogP contribution in [0.3, 0.4) is 0 Å². The lowest BCUT2D eigenvalue weighted by Gasteiger charge is -2.18. The SMILES string of the molecule is CC1=C(Cc2ccc(Br)cc2)C(=O)c2cccnc2C1=O. The number of nitrogens with zero attached hydrogens (tertiary/aromatic N) is 1. The Balaban J connectivity index is 2.02. The molecule has 0 saturated heterocycles. The number of halogens is 1. The lowest BCUT2D eigenvalue weighted by Crippen LogP contribution is -2.23. The van der Waals surface area contributed by atoms with E-state index in [2.05, 4.69) is 20.9 Å². The van der Waals surface area contributed by atoms with Gasteiger partial charge in [0.1, 0.15) is 5.69 Å². The van der Waals surface area contributed by atoms with Crippen molar-refractivity contribution < 1.29 is 9.59 Å². The Morgan fingerprint density at radius 2 is 1.76 bits per heavy atom. The van der Waals surface area contributed by atoms with E-state index in [4.69, 9.17) is 0 Å². The molecule has 0 atom stereocenters. The van der Waals surface area contributed by atoms with E-state index < -0.39 is 0 Å². The molecule has 4 heteroatoms. The predicted octanol–water partition coefficient (Wildman–Crippen LogP) is 3.78. The molecule has 0 spiro atoms. The van der Waals surface area contributed by atoms with Gasteiger partial charge in [-0.2, -0.15) is 0 Å². The third-order valence-corrected chi connectivity index (χ3v) is 4.16. The van der Waals surface area contributed by atoms with Crippen molar-refractivity contribution in [3.63, 3.8) is 0 Å². The highest BCUT2D eigenvalue weighted by molar-refractivity contribution is 9.10. The number of fused-ring (bicyclic) bond motifs is 1. The molecule has 1 aromatic heterocycles. The van der Waals surface area contributed by atoms with Crippen molar-refractivity contribution >= 4 is 27.5 Å². The number of Topliss-reactive ketones (excluding diaryl/α,β-unsaturated/α-hetero) is 2. The summed E-state index contributed by atoms with van der Waals surface area (Å²) >= 11 is 3.38. The maximum atomic E-state index is 12.6. The summed E-state index contributed by atoms with van der Waals surface area (Å²) in [5, 5.41) is 0. The number of carbonyl (C=O) groups is 2. The van der Waals surface area contributed by atoms with Crippen molar-refractivity contribution in [1.29, 1.82) is 0 Å². The first-order chi connectivity index (χ1) is 10.1. The van der Waals surface area contributed by atoms with Gasteiger partial charge in [-0.15, -0.1) is 0 Å². The number of pyridine rings is 1. The van der Waals surface area contributed by atoms with Crippen LogP contribution in [-0.4, -0.2) is 16.6 Å². The van der Waals surface area contributed by atoms with Gasteiger partial charge in [-0.25, -0.2) is 0 Å². The first kappa shape index (κ1) is 13.9. The molecule has 104 valence electrons. The minimum absolute atomic E-state index is 0.0990. The molecular formula is C17H12BrNO2. The Bertz CT molecular complexity index is 776. The smallest absolute Gasteiger partial charge is 0.208 e. The molecule has 1 aliphatic carbocycles. The van der Waals surface area contributed by atoms with Crippen molar-refractivity contribution in [1.82, 2.24) is 4.98 Å². The molecule has 0 amide bonds. The minimum Gasteiger partial charge on any atom is -0.289 e. The molecule has 0 radical (unpaired) electrons. The lowest BCUT2D eigenvalue weighted by atomic mass is 9.85. The number of hydrogen-bond donors (Lipinski definition) is 0. The summed E-state index contributed by atoms with van der Waals surface area (Å²) in [6, 6.07) is 11.1. The molecule has 0 bridgehead atoms. The summed E-state index contributed by atoms with van der Waals surface area (Å²) < 4.78 is 0.984. The van der Waals surface area contributed by atoms with Crippen LogP contribution >= 0.6 is 15.9 Å². The van der Waals surface area contributed by atoms with E-state index >= 15 is 0 Å². The minimum atomic E-state index is -0.155. The molecule has 0 fully saturated rings. The number of hydrogen-bond acceptors (Lipinski definition) is 3. The van der Waals surface area contributed by atoms with Gasteiger partial charge in [0, 0.05) is 28.2 Å². The Morgan fingerprint density at radius 3 is 2.48 bits per heavy atom. The zero-order valence-electron chi connectivity index (χ0n) is 11.4. The number of carbonyl (C=O) groups excluding carboxylic acids is 2. The zero-order chi connectivity index (χ0) is 15.0. The third-order valence-electron chi connectivity index (χ3n) is 3.63. The lowest BCUT2D eigenvalue weighted by molar-refractivity contribution is 0.0969. The van der Waals surface area contributed by atoms with Crippen LogP contribution in [0.15, 0.2) is 58.2 Å². The molecule has 0 aliphatic heterocycles. The van der Waals surface area contributed by atoms with Crippen LogP contribution in [0.5, 0.6) is 0 Å². The van der Waals surface area contributed by atoms with E-state index in [1.807, 2.05) is 24.3 Å². The number of ketones is 2. The van der Waals surface area contributed by atoms with Crippen molar-refractivity contribution in [3.8, 4) is 0 Å². The largest absolute Gasteiger partial charge is 0.289 e. The number of rotatable bonds is 2.